The van der Waals surface area contributed by atoms with Crippen LogP contribution in [0.25, 0.3) is 22.0 Å². The lowest BCUT2D eigenvalue weighted by atomic mass is 10.0. The Labute approximate surface area is 165 Å². The number of halogens is 2. The van der Waals surface area contributed by atoms with Crippen molar-refractivity contribution in [2.75, 3.05) is 11.9 Å². The van der Waals surface area contributed by atoms with Crippen LogP contribution in [0.15, 0.2) is 36.7 Å². The van der Waals surface area contributed by atoms with Gasteiger partial charge in [-0.1, -0.05) is 0 Å². The molecule has 3 aromatic rings. The van der Waals surface area contributed by atoms with Crippen LogP contribution in [-0.4, -0.2) is 45.1 Å². The molecule has 0 aliphatic carbocycles. The number of hydrogen-bond acceptors (Lipinski definition) is 7. The number of aromatic nitrogens is 3. The molecule has 0 unspecified atom stereocenters. The zero-order valence-corrected chi connectivity index (χ0v) is 15.9. The lowest BCUT2D eigenvalue weighted by molar-refractivity contribution is -0.0499. The first-order valence-corrected chi connectivity index (χ1v) is 9.11. The highest BCUT2D eigenvalue weighted by molar-refractivity contribution is 6.00. The van der Waals surface area contributed by atoms with Gasteiger partial charge in [0, 0.05) is 34.8 Å². The molecule has 4 rings (SSSR count). The molecule has 0 amide bonds. The number of phenolic OH excluding ortho intramolecular Hbond substituents is 1. The molecule has 0 spiro atoms. The van der Waals surface area contributed by atoms with Crippen LogP contribution in [0.1, 0.15) is 20.3 Å². The van der Waals surface area contributed by atoms with E-state index in [1.54, 1.807) is 18.5 Å². The smallest absolute Gasteiger partial charge is 0.387 e. The van der Waals surface area contributed by atoms with Crippen LogP contribution >= 0.6 is 0 Å². The number of ether oxygens (including phenoxy) is 2. The molecule has 1 aromatic carbocycles. The zero-order chi connectivity index (χ0) is 20.6. The van der Waals surface area contributed by atoms with Gasteiger partial charge in [0.05, 0.1) is 18.2 Å². The van der Waals surface area contributed by atoms with E-state index in [4.69, 9.17) is 4.74 Å². The molecule has 1 aliphatic rings. The van der Waals surface area contributed by atoms with Crippen LogP contribution in [0.3, 0.4) is 0 Å². The standard InChI is InChI=1S/C20H20F2N4O3/c1-20(2)8-11(10-28-20)24-18-15-9-23-6-5-13(15)17(25-26-18)14-4-3-12(7-16(14)27)29-19(21)22/h3-7,9,11,19,27H,8,10H2,1-2H3,(H,24,26)/t11-/m0/s1. The summed E-state index contributed by atoms with van der Waals surface area (Å²) < 4.78 is 34.9. The Morgan fingerprint density at radius 2 is 2.07 bits per heavy atom. The number of nitrogens with zero attached hydrogens (tertiary/aromatic N) is 3. The molecule has 0 saturated carbocycles. The zero-order valence-electron chi connectivity index (χ0n) is 15.9. The largest absolute Gasteiger partial charge is 0.507 e. The van der Waals surface area contributed by atoms with E-state index in [2.05, 4.69) is 25.2 Å². The second kappa shape index (κ2) is 7.40. The summed E-state index contributed by atoms with van der Waals surface area (Å²) in [6, 6.07) is 5.80. The van der Waals surface area contributed by atoms with E-state index in [-0.39, 0.29) is 23.1 Å². The Kier molecular flexibility index (Phi) is 4.91. The Hall–Kier alpha value is -3.07. The topological polar surface area (TPSA) is 89.4 Å². The first kappa shape index (κ1) is 19.3. The number of phenols is 1. The highest BCUT2D eigenvalue weighted by atomic mass is 19.3. The average Bonchev–Trinajstić information content (AvgIpc) is 3.01. The van der Waals surface area contributed by atoms with Gasteiger partial charge < -0.3 is 19.9 Å². The van der Waals surface area contributed by atoms with E-state index < -0.39 is 6.61 Å². The van der Waals surface area contributed by atoms with Crippen molar-refractivity contribution in [2.45, 2.75) is 38.5 Å². The Balaban J connectivity index is 1.70. The summed E-state index contributed by atoms with van der Waals surface area (Å²) >= 11 is 0. The van der Waals surface area contributed by atoms with Gasteiger partial charge in [-0.15, -0.1) is 10.2 Å². The molecule has 152 valence electrons. The molecule has 0 bridgehead atoms. The lowest BCUT2D eigenvalue weighted by Crippen LogP contribution is -2.23. The van der Waals surface area contributed by atoms with Crippen LogP contribution in [0.4, 0.5) is 14.6 Å². The first-order valence-electron chi connectivity index (χ1n) is 9.11. The van der Waals surface area contributed by atoms with Gasteiger partial charge in [-0.05, 0) is 38.5 Å². The number of rotatable bonds is 5. The van der Waals surface area contributed by atoms with Crippen LogP contribution in [0.2, 0.25) is 0 Å². The van der Waals surface area contributed by atoms with Gasteiger partial charge in [-0.2, -0.15) is 8.78 Å². The maximum absolute atomic E-state index is 12.4. The maximum atomic E-state index is 12.4. The van der Waals surface area contributed by atoms with Gasteiger partial charge in [0.15, 0.2) is 5.82 Å². The first-order chi connectivity index (χ1) is 13.8. The molecule has 3 heterocycles. The van der Waals surface area contributed by atoms with Crippen molar-refractivity contribution < 1.29 is 23.4 Å². The number of aromatic hydroxyl groups is 1. The number of alkyl halides is 2. The van der Waals surface area contributed by atoms with Gasteiger partial charge in [0.25, 0.3) is 0 Å². The normalized spacial score (nSPS) is 18.3. The molecule has 1 atom stereocenters. The molecule has 2 aromatic heterocycles. The number of pyridine rings is 1. The van der Waals surface area contributed by atoms with Crippen molar-refractivity contribution in [2.24, 2.45) is 0 Å². The summed E-state index contributed by atoms with van der Waals surface area (Å²) in [7, 11) is 0. The molecule has 2 N–H and O–H groups in total. The molecule has 9 heteroatoms. The molecule has 7 nitrogen and oxygen atoms in total. The van der Waals surface area contributed by atoms with Crippen molar-refractivity contribution in [1.29, 1.82) is 0 Å². The van der Waals surface area contributed by atoms with Crippen LogP contribution in [-0.2, 0) is 4.74 Å². The van der Waals surface area contributed by atoms with E-state index in [1.165, 1.54) is 12.1 Å². The van der Waals surface area contributed by atoms with Crippen LogP contribution in [0.5, 0.6) is 11.5 Å². The van der Waals surface area contributed by atoms with E-state index in [0.717, 1.165) is 17.9 Å². The fraction of sp³-hybridized carbons (Fsp3) is 0.350. The van der Waals surface area contributed by atoms with Crippen LogP contribution < -0.4 is 10.1 Å². The summed E-state index contributed by atoms with van der Waals surface area (Å²) in [6.07, 6.45) is 4.11. The van der Waals surface area contributed by atoms with E-state index in [0.29, 0.717) is 29.1 Å². The molecule has 1 saturated heterocycles. The van der Waals surface area contributed by atoms with Crippen LogP contribution in [0, 0.1) is 0 Å². The summed E-state index contributed by atoms with van der Waals surface area (Å²) in [5, 5.41) is 23.7. The average molecular weight is 402 g/mol. The Morgan fingerprint density at radius 1 is 1.24 bits per heavy atom. The van der Waals surface area contributed by atoms with Gasteiger partial charge in [-0.3, -0.25) is 4.98 Å². The molecule has 29 heavy (non-hydrogen) atoms. The van der Waals surface area contributed by atoms with Gasteiger partial charge in [0.2, 0.25) is 0 Å². The van der Waals surface area contributed by atoms with Gasteiger partial charge in [-0.25, -0.2) is 0 Å². The summed E-state index contributed by atoms with van der Waals surface area (Å²) in [5.74, 6) is 0.199. The third-order valence-corrected chi connectivity index (χ3v) is 4.78. The summed E-state index contributed by atoms with van der Waals surface area (Å²) in [4.78, 5) is 4.18. The number of anilines is 1. The van der Waals surface area contributed by atoms with Crippen molar-refractivity contribution in [1.82, 2.24) is 15.2 Å². The van der Waals surface area contributed by atoms with Crippen molar-refractivity contribution in [3.05, 3.63) is 36.7 Å². The van der Waals surface area contributed by atoms with E-state index >= 15 is 0 Å². The third kappa shape index (κ3) is 4.04. The minimum absolute atomic E-state index is 0.0905. The lowest BCUT2D eigenvalue weighted by Gasteiger charge is -2.17. The summed E-state index contributed by atoms with van der Waals surface area (Å²) in [5.41, 5.74) is 0.566. The quantitative estimate of drug-likeness (QED) is 0.667. The highest BCUT2D eigenvalue weighted by Crippen LogP contribution is 2.37. The monoisotopic (exact) mass is 402 g/mol. The van der Waals surface area contributed by atoms with Crippen molar-refractivity contribution in [3.63, 3.8) is 0 Å². The Bertz CT molecular complexity index is 1050. The SMILES string of the molecule is CC1(C)C[C@H](Nc2nnc(-c3ccc(OC(F)F)cc3O)c3ccncc23)CO1. The second-order valence-corrected chi connectivity index (χ2v) is 7.49. The molecule has 1 aliphatic heterocycles. The molecular formula is C20H20F2N4O3. The predicted octanol–water partition coefficient (Wildman–Crippen LogP) is 3.98. The second-order valence-electron chi connectivity index (χ2n) is 7.49. The van der Waals surface area contributed by atoms with E-state index in [1.807, 2.05) is 13.8 Å². The summed E-state index contributed by atoms with van der Waals surface area (Å²) in [6.45, 7) is 1.66. The van der Waals surface area contributed by atoms with E-state index in [9.17, 15) is 13.9 Å². The van der Waals surface area contributed by atoms with Crippen molar-refractivity contribution >= 4 is 16.6 Å². The minimum Gasteiger partial charge on any atom is -0.507 e. The molecule has 1 fully saturated rings. The number of hydrogen-bond donors (Lipinski definition) is 2. The fourth-order valence-corrected chi connectivity index (χ4v) is 3.51. The maximum Gasteiger partial charge on any atom is 0.387 e. The number of fused-ring (bicyclic) bond motifs is 1. The fourth-order valence-electron chi connectivity index (χ4n) is 3.51. The highest BCUT2D eigenvalue weighted by Gasteiger charge is 2.32. The molecule has 0 radical (unpaired) electrons. The third-order valence-electron chi connectivity index (χ3n) is 4.78. The van der Waals surface area contributed by atoms with Crippen molar-refractivity contribution in [3.8, 4) is 22.8 Å². The predicted molar refractivity (Wildman–Crippen MR) is 103 cm³/mol. The Morgan fingerprint density at radius 3 is 2.76 bits per heavy atom. The van der Waals surface area contributed by atoms with Gasteiger partial charge >= 0.3 is 6.61 Å². The number of nitrogens with one attached hydrogen (secondary N) is 1. The number of benzene rings is 1. The minimum atomic E-state index is -2.97. The van der Waals surface area contributed by atoms with Gasteiger partial charge in [0.1, 0.15) is 17.2 Å². The molecular weight excluding hydrogens is 382 g/mol.